The van der Waals surface area contributed by atoms with Gasteiger partial charge in [-0.25, -0.2) is 4.79 Å². The van der Waals surface area contributed by atoms with Crippen molar-refractivity contribution >= 4 is 11.9 Å². The molecule has 0 aliphatic heterocycles. The van der Waals surface area contributed by atoms with Crippen LogP contribution in [-0.2, 0) is 6.42 Å². The average molecular weight is 332 g/mol. The molecule has 0 radical (unpaired) electrons. The number of nitrogens with one attached hydrogen (secondary N) is 2. The van der Waals surface area contributed by atoms with Gasteiger partial charge in [0.05, 0.1) is 5.69 Å². The molecule has 7 heteroatoms. The minimum absolute atomic E-state index is 0.00314. The molecule has 7 nitrogen and oxygen atoms in total. The van der Waals surface area contributed by atoms with Crippen LogP contribution in [0.3, 0.4) is 0 Å². The van der Waals surface area contributed by atoms with Crippen molar-refractivity contribution in [3.05, 3.63) is 41.6 Å². The molecule has 0 saturated heterocycles. The van der Waals surface area contributed by atoms with Gasteiger partial charge in [-0.15, -0.1) is 0 Å². The first-order chi connectivity index (χ1) is 11.6. The number of nitrogen functional groups attached to an aromatic ring is 1. The lowest BCUT2D eigenvalue weighted by molar-refractivity contribution is 0.189. The smallest absolute Gasteiger partial charge is 0.404 e. The van der Waals surface area contributed by atoms with Crippen LogP contribution in [0.5, 0.6) is 5.75 Å². The van der Waals surface area contributed by atoms with E-state index in [0.29, 0.717) is 12.1 Å². The van der Waals surface area contributed by atoms with Crippen molar-refractivity contribution in [2.75, 3.05) is 12.3 Å². The molecule has 0 spiro atoms. The standard InChI is InChI=1S/C17H24N4O3/c1-12-15(16(18)21-20-12)24-17(23)19-14(10-11-22)9-5-8-13-6-3-2-4-7-13/h2-4,6-7,14,22H,5,8-11H2,1H3,(H,19,23)(H3,18,20,21). The number of aryl methyl sites for hydroxylation is 2. The van der Waals surface area contributed by atoms with Gasteiger partial charge in [0.15, 0.2) is 11.6 Å². The monoisotopic (exact) mass is 332 g/mol. The SMILES string of the molecule is Cc1[nH]nc(N)c1OC(=O)NC(CCO)CCCc1ccccc1. The summed E-state index contributed by atoms with van der Waals surface area (Å²) in [6.45, 7) is 1.72. The summed E-state index contributed by atoms with van der Waals surface area (Å²) in [7, 11) is 0. The van der Waals surface area contributed by atoms with Gasteiger partial charge in [-0.2, -0.15) is 5.10 Å². The Bertz CT molecular complexity index is 623. The number of H-pyrrole nitrogens is 1. The van der Waals surface area contributed by atoms with Crippen LogP contribution in [0.2, 0.25) is 0 Å². The number of aliphatic hydroxyl groups is 1. The number of aromatic amines is 1. The number of rotatable bonds is 8. The van der Waals surface area contributed by atoms with E-state index < -0.39 is 6.09 Å². The molecule has 24 heavy (non-hydrogen) atoms. The normalized spacial score (nSPS) is 11.9. The molecule has 130 valence electrons. The maximum Gasteiger partial charge on any atom is 0.413 e. The lowest BCUT2D eigenvalue weighted by Gasteiger charge is -2.17. The number of carbonyl (C=O) groups is 1. The van der Waals surface area contributed by atoms with Crippen molar-refractivity contribution in [3.63, 3.8) is 0 Å². The number of aliphatic hydroxyl groups excluding tert-OH is 1. The van der Waals surface area contributed by atoms with Gasteiger partial charge >= 0.3 is 6.09 Å². The molecule has 5 N–H and O–H groups in total. The van der Waals surface area contributed by atoms with Crippen molar-refractivity contribution < 1.29 is 14.6 Å². The fourth-order valence-electron chi connectivity index (χ4n) is 2.50. The molecule has 0 aliphatic carbocycles. The van der Waals surface area contributed by atoms with Gasteiger partial charge in [0.1, 0.15) is 0 Å². The van der Waals surface area contributed by atoms with Crippen LogP contribution in [-0.4, -0.2) is 34.0 Å². The summed E-state index contributed by atoms with van der Waals surface area (Å²) in [5.74, 6) is 0.380. The molecular weight excluding hydrogens is 308 g/mol. The fraction of sp³-hybridized carbons (Fsp3) is 0.412. The van der Waals surface area contributed by atoms with Crippen LogP contribution < -0.4 is 15.8 Å². The van der Waals surface area contributed by atoms with E-state index in [1.54, 1.807) is 6.92 Å². The van der Waals surface area contributed by atoms with Gasteiger partial charge in [-0.05, 0) is 38.2 Å². The second kappa shape index (κ2) is 8.93. The Morgan fingerprint density at radius 3 is 2.75 bits per heavy atom. The number of hydrogen-bond donors (Lipinski definition) is 4. The zero-order chi connectivity index (χ0) is 17.4. The third kappa shape index (κ3) is 5.27. The summed E-state index contributed by atoms with van der Waals surface area (Å²) < 4.78 is 5.21. The molecule has 0 bridgehead atoms. The summed E-state index contributed by atoms with van der Waals surface area (Å²) in [4.78, 5) is 12.0. The molecule has 1 aromatic carbocycles. The van der Waals surface area contributed by atoms with Crippen LogP contribution in [0.1, 0.15) is 30.5 Å². The highest BCUT2D eigenvalue weighted by Crippen LogP contribution is 2.22. The van der Waals surface area contributed by atoms with Crippen molar-refractivity contribution in [3.8, 4) is 5.75 Å². The van der Waals surface area contributed by atoms with E-state index in [0.717, 1.165) is 19.3 Å². The van der Waals surface area contributed by atoms with E-state index in [9.17, 15) is 9.90 Å². The molecule has 1 aromatic heterocycles. The van der Waals surface area contributed by atoms with Crippen LogP contribution in [0.4, 0.5) is 10.6 Å². The molecule has 1 atom stereocenters. The van der Waals surface area contributed by atoms with Crippen molar-refractivity contribution in [1.82, 2.24) is 15.5 Å². The Hall–Kier alpha value is -2.54. The summed E-state index contributed by atoms with van der Waals surface area (Å²) in [5, 5.41) is 18.4. The maximum atomic E-state index is 12.0. The van der Waals surface area contributed by atoms with Crippen molar-refractivity contribution in [2.24, 2.45) is 0 Å². The van der Waals surface area contributed by atoms with Crippen LogP contribution >= 0.6 is 0 Å². The predicted molar refractivity (Wildman–Crippen MR) is 91.8 cm³/mol. The number of benzene rings is 1. The highest BCUT2D eigenvalue weighted by Gasteiger charge is 2.17. The van der Waals surface area contributed by atoms with Gasteiger partial charge in [-0.1, -0.05) is 30.3 Å². The molecule has 2 rings (SSSR count). The van der Waals surface area contributed by atoms with E-state index in [2.05, 4.69) is 27.6 Å². The van der Waals surface area contributed by atoms with Gasteiger partial charge < -0.3 is 20.9 Å². The Balaban J connectivity index is 1.82. The third-order valence-corrected chi connectivity index (χ3v) is 3.77. The van der Waals surface area contributed by atoms with Gasteiger partial charge in [-0.3, -0.25) is 5.10 Å². The van der Waals surface area contributed by atoms with E-state index in [1.807, 2.05) is 18.2 Å². The second-order valence-corrected chi connectivity index (χ2v) is 5.68. The van der Waals surface area contributed by atoms with E-state index in [1.165, 1.54) is 5.56 Å². The molecule has 1 unspecified atom stereocenters. The molecule has 0 saturated carbocycles. The second-order valence-electron chi connectivity index (χ2n) is 5.68. The van der Waals surface area contributed by atoms with Gasteiger partial charge in [0, 0.05) is 12.6 Å². The molecule has 1 amide bonds. The number of carbonyl (C=O) groups excluding carboxylic acids is 1. The lowest BCUT2D eigenvalue weighted by atomic mass is 10.0. The number of ether oxygens (including phenoxy) is 1. The third-order valence-electron chi connectivity index (χ3n) is 3.77. The first-order valence-corrected chi connectivity index (χ1v) is 8.03. The Kier molecular flexibility index (Phi) is 6.62. The zero-order valence-corrected chi connectivity index (χ0v) is 13.8. The number of nitrogens with zero attached hydrogens (tertiary/aromatic N) is 1. The molecular formula is C17H24N4O3. The van der Waals surface area contributed by atoms with Crippen LogP contribution in [0.25, 0.3) is 0 Å². The van der Waals surface area contributed by atoms with Crippen molar-refractivity contribution in [1.29, 1.82) is 0 Å². The molecule has 0 fully saturated rings. The summed E-state index contributed by atoms with van der Waals surface area (Å²) in [5.41, 5.74) is 7.48. The Morgan fingerprint density at radius 2 is 2.12 bits per heavy atom. The summed E-state index contributed by atoms with van der Waals surface area (Å²) in [6, 6.07) is 10.0. The molecule has 2 aromatic rings. The number of amides is 1. The molecule has 1 heterocycles. The van der Waals surface area contributed by atoms with Gasteiger partial charge in [0.25, 0.3) is 0 Å². The zero-order valence-electron chi connectivity index (χ0n) is 13.8. The quantitative estimate of drug-likeness (QED) is 0.591. The van der Waals surface area contributed by atoms with Gasteiger partial charge in [0.2, 0.25) is 0 Å². The first kappa shape index (κ1) is 17.8. The lowest BCUT2D eigenvalue weighted by Crippen LogP contribution is -2.37. The number of anilines is 1. The summed E-state index contributed by atoms with van der Waals surface area (Å²) in [6.07, 6.45) is 2.47. The van der Waals surface area contributed by atoms with E-state index in [-0.39, 0.29) is 24.2 Å². The first-order valence-electron chi connectivity index (χ1n) is 8.03. The number of hydrogen-bond acceptors (Lipinski definition) is 5. The number of aromatic nitrogens is 2. The predicted octanol–water partition coefficient (Wildman–Crippen LogP) is 2.16. The largest absolute Gasteiger partial charge is 0.413 e. The Labute approximate surface area is 141 Å². The molecule has 0 aliphatic rings. The van der Waals surface area contributed by atoms with E-state index in [4.69, 9.17) is 10.5 Å². The minimum atomic E-state index is -0.593. The topological polar surface area (TPSA) is 113 Å². The van der Waals surface area contributed by atoms with Crippen molar-refractivity contribution in [2.45, 2.75) is 38.6 Å². The maximum absolute atomic E-state index is 12.0. The highest BCUT2D eigenvalue weighted by atomic mass is 16.6. The summed E-state index contributed by atoms with van der Waals surface area (Å²) >= 11 is 0. The van der Waals surface area contributed by atoms with Crippen LogP contribution in [0, 0.1) is 6.92 Å². The van der Waals surface area contributed by atoms with Crippen LogP contribution in [0.15, 0.2) is 30.3 Å². The average Bonchev–Trinajstić information content (AvgIpc) is 2.88. The highest BCUT2D eigenvalue weighted by molar-refractivity contribution is 5.72. The number of nitrogens with two attached hydrogens (primary N) is 1. The fourth-order valence-corrected chi connectivity index (χ4v) is 2.50. The minimum Gasteiger partial charge on any atom is -0.404 e. The Morgan fingerprint density at radius 1 is 1.38 bits per heavy atom. The van der Waals surface area contributed by atoms with E-state index >= 15 is 0 Å².